The predicted molar refractivity (Wildman–Crippen MR) is 72.9 cm³/mol. The van der Waals surface area contributed by atoms with Crippen LogP contribution >= 0.6 is 0 Å². The van der Waals surface area contributed by atoms with Gasteiger partial charge in [0.15, 0.2) is 5.65 Å². The fourth-order valence-corrected chi connectivity index (χ4v) is 2.62. The van der Waals surface area contributed by atoms with Gasteiger partial charge < -0.3 is 15.4 Å². The zero-order chi connectivity index (χ0) is 13.2. The molecule has 0 saturated carbocycles. The van der Waals surface area contributed by atoms with E-state index in [1.54, 1.807) is 13.3 Å². The summed E-state index contributed by atoms with van der Waals surface area (Å²) in [6.45, 7) is 2.76. The molecule has 3 N–H and O–H groups in total. The Balaban J connectivity index is 1.83. The van der Waals surface area contributed by atoms with Crippen LogP contribution in [0.2, 0.25) is 0 Å². The molecule has 1 aliphatic rings. The van der Waals surface area contributed by atoms with Crippen molar-refractivity contribution in [2.45, 2.75) is 12.8 Å². The molecule has 0 radical (unpaired) electrons. The maximum absolute atomic E-state index is 5.75. The lowest BCUT2D eigenvalue weighted by Gasteiger charge is -2.32. The summed E-state index contributed by atoms with van der Waals surface area (Å²) in [5.74, 6) is 1.80. The molecule has 19 heavy (non-hydrogen) atoms. The van der Waals surface area contributed by atoms with Crippen molar-refractivity contribution >= 4 is 22.8 Å². The summed E-state index contributed by atoms with van der Waals surface area (Å²) in [6.07, 6.45) is 3.97. The highest BCUT2D eigenvalue weighted by Gasteiger charge is 2.22. The Bertz CT molecular complexity index is 560. The van der Waals surface area contributed by atoms with Gasteiger partial charge >= 0.3 is 0 Å². The third-order valence-corrected chi connectivity index (χ3v) is 3.62. The van der Waals surface area contributed by atoms with Gasteiger partial charge in [-0.15, -0.1) is 0 Å². The third kappa shape index (κ3) is 2.33. The van der Waals surface area contributed by atoms with E-state index >= 15 is 0 Å². The topological polar surface area (TPSA) is 93.0 Å². The van der Waals surface area contributed by atoms with Crippen molar-refractivity contribution in [1.82, 2.24) is 20.2 Å². The van der Waals surface area contributed by atoms with Crippen LogP contribution in [0.25, 0.3) is 11.0 Å². The van der Waals surface area contributed by atoms with Crippen LogP contribution in [0, 0.1) is 5.92 Å². The summed E-state index contributed by atoms with van der Waals surface area (Å²) in [5, 5.41) is 7.78. The number of ether oxygens (including phenoxy) is 1. The summed E-state index contributed by atoms with van der Waals surface area (Å²) < 4.78 is 5.22. The molecule has 1 aliphatic heterocycles. The average molecular weight is 262 g/mol. The maximum Gasteiger partial charge on any atom is 0.224 e. The Hall–Kier alpha value is -1.89. The monoisotopic (exact) mass is 262 g/mol. The van der Waals surface area contributed by atoms with Crippen molar-refractivity contribution in [2.24, 2.45) is 5.92 Å². The van der Waals surface area contributed by atoms with Gasteiger partial charge in [-0.1, -0.05) is 0 Å². The van der Waals surface area contributed by atoms with Crippen LogP contribution in [0.5, 0.6) is 0 Å². The molecule has 3 heterocycles. The number of hydrogen-bond acceptors (Lipinski definition) is 6. The van der Waals surface area contributed by atoms with E-state index in [1.165, 1.54) is 0 Å². The van der Waals surface area contributed by atoms with Crippen molar-refractivity contribution in [1.29, 1.82) is 0 Å². The number of nitrogen functional groups attached to an aromatic ring is 1. The summed E-state index contributed by atoms with van der Waals surface area (Å²) in [4.78, 5) is 10.8. The van der Waals surface area contributed by atoms with Gasteiger partial charge in [-0.2, -0.15) is 15.1 Å². The molecule has 102 valence electrons. The normalized spacial score (nSPS) is 17.2. The second-order valence-electron chi connectivity index (χ2n) is 4.92. The van der Waals surface area contributed by atoms with Crippen LogP contribution < -0.4 is 10.6 Å². The lowest BCUT2D eigenvalue weighted by molar-refractivity contribution is 0.139. The molecule has 1 fully saturated rings. The van der Waals surface area contributed by atoms with Crippen LogP contribution in [-0.4, -0.2) is 47.0 Å². The van der Waals surface area contributed by atoms with Crippen molar-refractivity contribution < 1.29 is 4.74 Å². The number of nitrogens with two attached hydrogens (primary N) is 1. The third-order valence-electron chi connectivity index (χ3n) is 3.62. The number of aromatic nitrogens is 4. The first-order valence-electron chi connectivity index (χ1n) is 6.48. The molecule has 0 amide bonds. The fraction of sp³-hybridized carbons (Fsp3) is 0.583. The van der Waals surface area contributed by atoms with Crippen LogP contribution in [0.15, 0.2) is 6.20 Å². The molecule has 2 aromatic heterocycles. The van der Waals surface area contributed by atoms with Gasteiger partial charge in [0.2, 0.25) is 5.95 Å². The molecule has 0 spiro atoms. The molecule has 0 bridgehead atoms. The van der Waals surface area contributed by atoms with Crippen LogP contribution in [-0.2, 0) is 4.74 Å². The van der Waals surface area contributed by atoms with E-state index < -0.39 is 0 Å². The molecular formula is C12H18N6O. The quantitative estimate of drug-likeness (QED) is 0.849. The molecule has 3 rings (SSSR count). The van der Waals surface area contributed by atoms with E-state index in [0.29, 0.717) is 11.6 Å². The van der Waals surface area contributed by atoms with Crippen LogP contribution in [0.4, 0.5) is 11.8 Å². The molecule has 0 aliphatic carbocycles. The number of nitrogens with one attached hydrogen (secondary N) is 1. The first-order chi connectivity index (χ1) is 9.28. The van der Waals surface area contributed by atoms with Crippen molar-refractivity contribution in [2.75, 3.05) is 37.4 Å². The molecule has 0 unspecified atom stereocenters. The summed E-state index contributed by atoms with van der Waals surface area (Å²) in [5.41, 5.74) is 6.44. The lowest BCUT2D eigenvalue weighted by atomic mass is 9.98. The molecule has 0 aromatic carbocycles. The van der Waals surface area contributed by atoms with Gasteiger partial charge in [0.25, 0.3) is 0 Å². The summed E-state index contributed by atoms with van der Waals surface area (Å²) in [7, 11) is 1.76. The van der Waals surface area contributed by atoms with Crippen molar-refractivity contribution in [3.8, 4) is 0 Å². The minimum absolute atomic E-state index is 0.283. The Kier molecular flexibility index (Phi) is 3.20. The van der Waals surface area contributed by atoms with Gasteiger partial charge in [-0.25, -0.2) is 0 Å². The molecular weight excluding hydrogens is 244 g/mol. The lowest BCUT2D eigenvalue weighted by Crippen LogP contribution is -2.35. The largest absolute Gasteiger partial charge is 0.384 e. The standard InChI is InChI=1S/C12H18N6O/c1-19-7-8-2-4-18(5-3-8)11-9-6-14-17-10(9)15-12(13)16-11/h6,8H,2-5,7H2,1H3,(H3,13,14,15,16,17). The highest BCUT2D eigenvalue weighted by Crippen LogP contribution is 2.27. The minimum Gasteiger partial charge on any atom is -0.384 e. The van der Waals surface area contributed by atoms with E-state index in [9.17, 15) is 0 Å². The number of piperidine rings is 1. The van der Waals surface area contributed by atoms with E-state index in [2.05, 4.69) is 25.1 Å². The van der Waals surface area contributed by atoms with E-state index in [0.717, 1.165) is 43.7 Å². The number of rotatable bonds is 3. The second-order valence-corrected chi connectivity index (χ2v) is 4.92. The van der Waals surface area contributed by atoms with Crippen LogP contribution in [0.3, 0.4) is 0 Å². The average Bonchev–Trinajstić information content (AvgIpc) is 2.87. The Labute approximate surface area is 111 Å². The number of hydrogen-bond donors (Lipinski definition) is 2. The molecule has 7 nitrogen and oxygen atoms in total. The number of fused-ring (bicyclic) bond motifs is 1. The number of nitrogens with zero attached hydrogens (tertiary/aromatic N) is 4. The van der Waals surface area contributed by atoms with Gasteiger partial charge in [-0.05, 0) is 18.8 Å². The van der Waals surface area contributed by atoms with Crippen molar-refractivity contribution in [3.05, 3.63) is 6.20 Å². The number of H-pyrrole nitrogens is 1. The smallest absolute Gasteiger partial charge is 0.224 e. The minimum atomic E-state index is 0.283. The predicted octanol–water partition coefficient (Wildman–Crippen LogP) is 0.798. The van der Waals surface area contributed by atoms with Gasteiger partial charge in [0.1, 0.15) is 5.82 Å². The number of anilines is 2. The van der Waals surface area contributed by atoms with Crippen LogP contribution in [0.1, 0.15) is 12.8 Å². The Morgan fingerprint density at radius 3 is 2.95 bits per heavy atom. The van der Waals surface area contributed by atoms with E-state index in [-0.39, 0.29) is 5.95 Å². The molecule has 1 saturated heterocycles. The Morgan fingerprint density at radius 2 is 2.21 bits per heavy atom. The first kappa shape index (κ1) is 12.2. The van der Waals surface area contributed by atoms with E-state index in [4.69, 9.17) is 10.5 Å². The van der Waals surface area contributed by atoms with Gasteiger partial charge in [0, 0.05) is 26.8 Å². The SMILES string of the molecule is COCC1CCN(c2nc(N)nc3[nH]ncc23)CC1. The fourth-order valence-electron chi connectivity index (χ4n) is 2.62. The zero-order valence-electron chi connectivity index (χ0n) is 11.0. The maximum atomic E-state index is 5.75. The molecule has 2 aromatic rings. The molecule has 0 atom stereocenters. The second kappa shape index (κ2) is 5.00. The number of methoxy groups -OCH3 is 1. The highest BCUT2D eigenvalue weighted by atomic mass is 16.5. The van der Waals surface area contributed by atoms with Crippen molar-refractivity contribution in [3.63, 3.8) is 0 Å². The highest BCUT2D eigenvalue weighted by molar-refractivity contribution is 5.87. The summed E-state index contributed by atoms with van der Waals surface area (Å²) in [6, 6.07) is 0. The first-order valence-corrected chi connectivity index (χ1v) is 6.48. The van der Waals surface area contributed by atoms with Gasteiger partial charge in [-0.3, -0.25) is 5.10 Å². The Morgan fingerprint density at radius 1 is 1.42 bits per heavy atom. The summed E-state index contributed by atoms with van der Waals surface area (Å²) >= 11 is 0. The number of aromatic amines is 1. The van der Waals surface area contributed by atoms with Gasteiger partial charge in [0.05, 0.1) is 11.6 Å². The zero-order valence-corrected chi connectivity index (χ0v) is 11.0. The molecule has 7 heteroatoms. The van der Waals surface area contributed by atoms with E-state index in [1.807, 2.05) is 0 Å².